The summed E-state index contributed by atoms with van der Waals surface area (Å²) in [6.07, 6.45) is -3.68. The zero-order valence-corrected chi connectivity index (χ0v) is 13.8. The van der Waals surface area contributed by atoms with Gasteiger partial charge in [0.1, 0.15) is 0 Å². The highest BCUT2D eigenvalue weighted by Gasteiger charge is 2.30. The van der Waals surface area contributed by atoms with E-state index in [1.807, 2.05) is 0 Å². The Morgan fingerprint density at radius 3 is 2.68 bits per heavy atom. The van der Waals surface area contributed by atoms with Gasteiger partial charge in [0.25, 0.3) is 0 Å². The maximum Gasteiger partial charge on any atom is 0.417 e. The van der Waals surface area contributed by atoms with Gasteiger partial charge in [-0.25, -0.2) is 4.98 Å². The second kappa shape index (κ2) is 6.83. The van der Waals surface area contributed by atoms with Crippen molar-refractivity contribution in [3.63, 3.8) is 0 Å². The molecule has 1 aliphatic rings. The summed E-state index contributed by atoms with van der Waals surface area (Å²) in [4.78, 5) is 16.0. The van der Waals surface area contributed by atoms with Gasteiger partial charge in [-0.15, -0.1) is 0 Å². The Labute approximate surface area is 145 Å². The van der Waals surface area contributed by atoms with Crippen molar-refractivity contribution < 1.29 is 27.4 Å². The normalized spacial score (nSPS) is 14.2. The van der Waals surface area contributed by atoms with Crippen LogP contribution in [0.4, 0.5) is 18.9 Å². The van der Waals surface area contributed by atoms with E-state index in [4.69, 9.17) is 9.47 Å². The maximum atomic E-state index is 12.5. The van der Waals surface area contributed by atoms with Gasteiger partial charge in [0.2, 0.25) is 12.7 Å². The zero-order chi connectivity index (χ0) is 18.0. The number of amides is 1. The van der Waals surface area contributed by atoms with Crippen molar-refractivity contribution in [3.05, 3.63) is 42.1 Å². The fourth-order valence-corrected chi connectivity index (χ4v) is 2.86. The molecule has 0 spiro atoms. The molecule has 1 aromatic carbocycles. The third kappa shape index (κ3) is 4.16. The molecule has 0 fully saturated rings. The lowest BCUT2D eigenvalue weighted by atomic mass is 10.2. The van der Waals surface area contributed by atoms with Gasteiger partial charge in [-0.1, -0.05) is 11.8 Å². The number of halogens is 3. The molecule has 1 atom stereocenters. The number of hydrogen-bond acceptors (Lipinski definition) is 5. The number of rotatable bonds is 4. The van der Waals surface area contributed by atoms with Crippen molar-refractivity contribution in [3.8, 4) is 11.5 Å². The number of fused-ring (bicyclic) bond motifs is 1. The van der Waals surface area contributed by atoms with Gasteiger partial charge >= 0.3 is 6.18 Å². The molecule has 25 heavy (non-hydrogen) atoms. The molecular formula is C16H13F3N2O3S. The van der Waals surface area contributed by atoms with Crippen LogP contribution in [0.15, 0.2) is 41.6 Å². The van der Waals surface area contributed by atoms with Gasteiger partial charge in [0.15, 0.2) is 11.5 Å². The maximum absolute atomic E-state index is 12.5. The minimum Gasteiger partial charge on any atom is -0.454 e. The average Bonchev–Trinajstić information content (AvgIpc) is 3.02. The molecule has 2 aromatic rings. The predicted molar refractivity (Wildman–Crippen MR) is 85.8 cm³/mol. The van der Waals surface area contributed by atoms with Crippen molar-refractivity contribution in [2.24, 2.45) is 0 Å². The van der Waals surface area contributed by atoms with Crippen LogP contribution in [0.5, 0.6) is 11.5 Å². The van der Waals surface area contributed by atoms with E-state index < -0.39 is 17.0 Å². The molecule has 1 aliphatic heterocycles. The molecule has 3 rings (SSSR count). The molecule has 132 valence electrons. The molecular weight excluding hydrogens is 357 g/mol. The molecule has 0 aliphatic carbocycles. The van der Waals surface area contributed by atoms with Crippen molar-refractivity contribution in [2.75, 3.05) is 12.1 Å². The van der Waals surface area contributed by atoms with E-state index in [-0.39, 0.29) is 12.7 Å². The number of carbonyl (C=O) groups is 1. The number of nitrogens with zero attached hydrogens (tertiary/aromatic N) is 1. The average molecular weight is 370 g/mol. The summed E-state index contributed by atoms with van der Waals surface area (Å²) in [5, 5.41) is 2.51. The van der Waals surface area contributed by atoms with E-state index >= 15 is 0 Å². The fraction of sp³-hybridized carbons (Fsp3) is 0.250. The number of thioether (sulfide) groups is 1. The van der Waals surface area contributed by atoms with Gasteiger partial charge in [-0.2, -0.15) is 13.2 Å². The van der Waals surface area contributed by atoms with Crippen LogP contribution in [0.1, 0.15) is 12.5 Å². The highest BCUT2D eigenvalue weighted by atomic mass is 32.2. The van der Waals surface area contributed by atoms with Crippen LogP contribution in [0.3, 0.4) is 0 Å². The van der Waals surface area contributed by atoms with Gasteiger partial charge in [0, 0.05) is 18.0 Å². The molecule has 2 heterocycles. The van der Waals surface area contributed by atoms with E-state index in [2.05, 4.69) is 10.3 Å². The summed E-state index contributed by atoms with van der Waals surface area (Å²) in [7, 11) is 0. The summed E-state index contributed by atoms with van der Waals surface area (Å²) in [5.74, 6) is 0.849. The topological polar surface area (TPSA) is 60.5 Å². The van der Waals surface area contributed by atoms with Crippen molar-refractivity contribution >= 4 is 23.4 Å². The third-order valence-electron chi connectivity index (χ3n) is 3.37. The monoisotopic (exact) mass is 370 g/mol. The summed E-state index contributed by atoms with van der Waals surface area (Å²) < 4.78 is 48.0. The molecule has 5 nitrogen and oxygen atoms in total. The molecule has 9 heteroatoms. The molecule has 1 aromatic heterocycles. The van der Waals surface area contributed by atoms with E-state index in [0.29, 0.717) is 22.2 Å². The molecule has 0 unspecified atom stereocenters. The second-order valence-corrected chi connectivity index (χ2v) is 6.56. The smallest absolute Gasteiger partial charge is 0.417 e. The number of aromatic nitrogens is 1. The number of alkyl halides is 3. The summed E-state index contributed by atoms with van der Waals surface area (Å²) in [6.45, 7) is 1.78. The van der Waals surface area contributed by atoms with Crippen molar-refractivity contribution in [2.45, 2.75) is 23.4 Å². The number of nitrogens with one attached hydrogen (secondary N) is 1. The Morgan fingerprint density at radius 2 is 2.00 bits per heavy atom. The Morgan fingerprint density at radius 1 is 1.24 bits per heavy atom. The van der Waals surface area contributed by atoms with Gasteiger partial charge < -0.3 is 14.8 Å². The van der Waals surface area contributed by atoms with Crippen LogP contribution in [0.2, 0.25) is 0 Å². The molecule has 0 saturated carbocycles. The first-order valence-electron chi connectivity index (χ1n) is 7.23. The summed E-state index contributed by atoms with van der Waals surface area (Å²) in [5.41, 5.74) is -0.281. The van der Waals surface area contributed by atoms with Gasteiger partial charge in [-0.3, -0.25) is 4.79 Å². The van der Waals surface area contributed by atoms with Crippen LogP contribution >= 0.6 is 11.8 Å². The third-order valence-corrected chi connectivity index (χ3v) is 4.42. The first kappa shape index (κ1) is 17.4. The lowest BCUT2D eigenvalue weighted by molar-refractivity contribution is -0.137. The Kier molecular flexibility index (Phi) is 4.76. The number of pyridine rings is 1. The van der Waals surface area contributed by atoms with E-state index in [1.54, 1.807) is 25.1 Å². The molecule has 1 N–H and O–H groups in total. The van der Waals surface area contributed by atoms with E-state index in [0.717, 1.165) is 24.0 Å². The van der Waals surface area contributed by atoms with Crippen molar-refractivity contribution in [1.29, 1.82) is 0 Å². The number of carbonyl (C=O) groups excluding carboxylic acids is 1. The number of hydrogen-bond donors (Lipinski definition) is 1. The molecule has 0 bridgehead atoms. The van der Waals surface area contributed by atoms with Crippen LogP contribution in [0, 0.1) is 0 Å². The number of benzene rings is 1. The fourth-order valence-electron chi connectivity index (χ4n) is 2.07. The summed E-state index contributed by atoms with van der Waals surface area (Å²) >= 11 is 1.07. The van der Waals surface area contributed by atoms with Crippen LogP contribution in [-0.4, -0.2) is 22.9 Å². The van der Waals surface area contributed by atoms with E-state index in [9.17, 15) is 18.0 Å². The molecule has 0 saturated heterocycles. The minimum absolute atomic E-state index is 0.137. The second-order valence-electron chi connectivity index (χ2n) is 5.20. The standard InChI is InChI=1S/C16H13F3N2O3S/c1-9(25-14-5-2-10(7-20-14)16(17,18)19)15(22)21-11-3-4-12-13(6-11)24-8-23-12/h2-7,9H,8H2,1H3,(H,21,22)/t9-/m0/s1. The van der Waals surface area contributed by atoms with Crippen LogP contribution in [0.25, 0.3) is 0 Å². The van der Waals surface area contributed by atoms with Crippen molar-refractivity contribution in [1.82, 2.24) is 4.98 Å². The van der Waals surface area contributed by atoms with Crippen LogP contribution in [-0.2, 0) is 11.0 Å². The molecule has 0 radical (unpaired) electrons. The van der Waals surface area contributed by atoms with E-state index in [1.165, 1.54) is 6.07 Å². The molecule has 1 amide bonds. The number of anilines is 1. The Hall–Kier alpha value is -2.42. The SMILES string of the molecule is C[C@H](Sc1ccc(C(F)(F)F)cn1)C(=O)Nc1ccc2c(c1)OCO2. The van der Waals surface area contributed by atoms with Gasteiger partial charge in [0.05, 0.1) is 15.8 Å². The lowest BCUT2D eigenvalue weighted by Gasteiger charge is -2.12. The highest BCUT2D eigenvalue weighted by Crippen LogP contribution is 2.34. The van der Waals surface area contributed by atoms with Crippen LogP contribution < -0.4 is 14.8 Å². The Balaban J connectivity index is 1.61. The number of ether oxygens (including phenoxy) is 2. The lowest BCUT2D eigenvalue weighted by Crippen LogP contribution is -2.22. The largest absolute Gasteiger partial charge is 0.454 e. The Bertz CT molecular complexity index is 781. The minimum atomic E-state index is -4.43. The first-order valence-corrected chi connectivity index (χ1v) is 8.11. The predicted octanol–water partition coefficient (Wildman–Crippen LogP) is 3.95. The van der Waals surface area contributed by atoms with Gasteiger partial charge in [-0.05, 0) is 31.2 Å². The quantitative estimate of drug-likeness (QED) is 0.826. The first-order chi connectivity index (χ1) is 11.8. The highest BCUT2D eigenvalue weighted by molar-refractivity contribution is 8.00. The summed E-state index contributed by atoms with van der Waals surface area (Å²) in [6, 6.07) is 7.20. The zero-order valence-electron chi connectivity index (χ0n) is 13.0.